The van der Waals surface area contributed by atoms with Crippen LogP contribution in [0.3, 0.4) is 0 Å². The molecule has 1 aromatic heterocycles. The first-order valence-electron chi connectivity index (χ1n) is 8.70. The molecule has 1 aliphatic rings. The highest BCUT2D eigenvalue weighted by Crippen LogP contribution is 2.33. The fourth-order valence-electron chi connectivity index (χ4n) is 3.74. The quantitative estimate of drug-likeness (QED) is 0.648. The molecule has 4 rings (SSSR count). The van der Waals surface area contributed by atoms with Gasteiger partial charge < -0.3 is 4.57 Å². The van der Waals surface area contributed by atoms with Gasteiger partial charge in [0.25, 0.3) is 0 Å². The number of aromatic nitrogens is 1. The molecule has 2 aromatic carbocycles. The van der Waals surface area contributed by atoms with Crippen molar-refractivity contribution in [2.24, 2.45) is 0 Å². The van der Waals surface area contributed by atoms with E-state index in [2.05, 4.69) is 9.47 Å². The van der Waals surface area contributed by atoms with Crippen LogP contribution in [0.15, 0.2) is 60.8 Å². The van der Waals surface area contributed by atoms with E-state index < -0.39 is 11.6 Å². The Balaban J connectivity index is 1.74. The Morgan fingerprint density at radius 1 is 0.885 bits per heavy atom. The molecule has 2 nitrogen and oxygen atoms in total. The van der Waals surface area contributed by atoms with Crippen LogP contribution >= 0.6 is 0 Å². The number of nitrogens with zero attached hydrogens (tertiary/aromatic N) is 2. The van der Waals surface area contributed by atoms with Gasteiger partial charge >= 0.3 is 0 Å². The molecule has 0 saturated heterocycles. The molecule has 2 heterocycles. The zero-order valence-electron chi connectivity index (χ0n) is 14.2. The Labute approximate surface area is 150 Å². The largest absolute Gasteiger partial charge is 0.350 e. The van der Waals surface area contributed by atoms with Gasteiger partial charge in [-0.05, 0) is 53.9 Å². The topological polar surface area (TPSA) is 8.17 Å². The highest BCUT2D eigenvalue weighted by molar-refractivity contribution is 5.31. The molecular formula is C21H19F3N2. The highest BCUT2D eigenvalue weighted by atomic mass is 19.2. The molecule has 1 atom stereocenters. The number of aryl methyl sites for hydroxylation is 1. The molecule has 0 unspecified atom stereocenters. The van der Waals surface area contributed by atoms with Crippen molar-refractivity contribution in [3.05, 3.63) is 95.1 Å². The van der Waals surface area contributed by atoms with Crippen molar-refractivity contribution < 1.29 is 13.2 Å². The molecule has 0 radical (unpaired) electrons. The summed E-state index contributed by atoms with van der Waals surface area (Å²) in [5.74, 6) is -1.97. The molecule has 0 N–H and O–H groups in total. The zero-order chi connectivity index (χ0) is 18.1. The van der Waals surface area contributed by atoms with Gasteiger partial charge in [0.05, 0.1) is 6.04 Å². The van der Waals surface area contributed by atoms with E-state index in [4.69, 9.17) is 0 Å². The minimum atomic E-state index is -0.847. The Morgan fingerprint density at radius 3 is 2.58 bits per heavy atom. The SMILES string of the molecule is Fc1cccc([C@@H]2c3cccn3CCCN2Cc2ccc(F)c(F)c2)c1. The first-order chi connectivity index (χ1) is 12.6. The maximum absolute atomic E-state index is 13.9. The third kappa shape index (κ3) is 3.27. The standard InChI is InChI=1S/C21H19F3N2/c22-17-5-1-4-16(13-17)21-20-6-2-9-25(20)10-3-11-26(21)14-15-7-8-18(23)19(24)12-15/h1-2,4-9,12-13,21H,3,10-11,14H2/t21-/m1/s1. The predicted octanol–water partition coefficient (Wildman–Crippen LogP) is 4.90. The molecule has 3 aromatic rings. The van der Waals surface area contributed by atoms with E-state index in [1.165, 1.54) is 12.1 Å². The summed E-state index contributed by atoms with van der Waals surface area (Å²) in [5.41, 5.74) is 2.63. The number of hydrogen-bond acceptors (Lipinski definition) is 1. The minimum absolute atomic E-state index is 0.142. The van der Waals surface area contributed by atoms with E-state index in [0.717, 1.165) is 36.8 Å². The van der Waals surface area contributed by atoms with Crippen molar-refractivity contribution in [3.8, 4) is 0 Å². The van der Waals surface area contributed by atoms with Crippen molar-refractivity contribution >= 4 is 0 Å². The van der Waals surface area contributed by atoms with E-state index in [0.29, 0.717) is 12.1 Å². The third-order valence-electron chi connectivity index (χ3n) is 4.89. The second-order valence-electron chi connectivity index (χ2n) is 6.66. The van der Waals surface area contributed by atoms with Gasteiger partial charge in [-0.1, -0.05) is 18.2 Å². The van der Waals surface area contributed by atoms with Crippen LogP contribution in [-0.4, -0.2) is 16.0 Å². The number of rotatable bonds is 3. The molecule has 0 bridgehead atoms. The first-order valence-corrected chi connectivity index (χ1v) is 8.70. The second kappa shape index (κ2) is 7.00. The number of fused-ring (bicyclic) bond motifs is 1. The van der Waals surface area contributed by atoms with Crippen LogP contribution in [0.5, 0.6) is 0 Å². The van der Waals surface area contributed by atoms with Crippen LogP contribution in [0, 0.1) is 17.5 Å². The summed E-state index contributed by atoms with van der Waals surface area (Å²) in [6, 6.07) is 14.5. The summed E-state index contributed by atoms with van der Waals surface area (Å²) in [5, 5.41) is 0. The average molecular weight is 356 g/mol. The van der Waals surface area contributed by atoms with Crippen LogP contribution in [0.25, 0.3) is 0 Å². The molecule has 1 aliphatic heterocycles. The Morgan fingerprint density at radius 2 is 1.77 bits per heavy atom. The van der Waals surface area contributed by atoms with Crippen molar-refractivity contribution in [1.82, 2.24) is 9.47 Å². The fourth-order valence-corrected chi connectivity index (χ4v) is 3.74. The van der Waals surface area contributed by atoms with Crippen LogP contribution in [0.4, 0.5) is 13.2 Å². The predicted molar refractivity (Wildman–Crippen MR) is 94.1 cm³/mol. The maximum atomic E-state index is 13.9. The molecule has 0 saturated carbocycles. The summed E-state index contributed by atoms with van der Waals surface area (Å²) in [4.78, 5) is 2.19. The van der Waals surface area contributed by atoms with Crippen LogP contribution < -0.4 is 0 Å². The van der Waals surface area contributed by atoms with Crippen molar-refractivity contribution in [3.63, 3.8) is 0 Å². The number of benzene rings is 2. The van der Waals surface area contributed by atoms with Gasteiger partial charge in [-0.15, -0.1) is 0 Å². The smallest absolute Gasteiger partial charge is 0.159 e. The van der Waals surface area contributed by atoms with Gasteiger partial charge in [0.2, 0.25) is 0 Å². The number of hydrogen-bond donors (Lipinski definition) is 0. The monoisotopic (exact) mass is 356 g/mol. The van der Waals surface area contributed by atoms with Crippen molar-refractivity contribution in [2.75, 3.05) is 6.54 Å². The van der Waals surface area contributed by atoms with Gasteiger partial charge in [-0.2, -0.15) is 0 Å². The summed E-state index contributed by atoms with van der Waals surface area (Å²) in [6.07, 6.45) is 2.96. The molecule has 134 valence electrons. The first kappa shape index (κ1) is 16.9. The van der Waals surface area contributed by atoms with E-state index in [-0.39, 0.29) is 11.9 Å². The molecule has 26 heavy (non-hydrogen) atoms. The summed E-state index contributed by atoms with van der Waals surface area (Å²) >= 11 is 0. The molecule has 0 fully saturated rings. The van der Waals surface area contributed by atoms with Gasteiger partial charge in [0.1, 0.15) is 5.82 Å². The molecule has 0 aliphatic carbocycles. The summed E-state index contributed by atoms with van der Waals surface area (Å²) < 4.78 is 42.9. The van der Waals surface area contributed by atoms with Crippen molar-refractivity contribution in [1.29, 1.82) is 0 Å². The minimum Gasteiger partial charge on any atom is -0.350 e. The molecule has 5 heteroatoms. The lowest BCUT2D eigenvalue weighted by atomic mass is 10.0. The van der Waals surface area contributed by atoms with E-state index >= 15 is 0 Å². The van der Waals surface area contributed by atoms with Crippen LogP contribution in [0.2, 0.25) is 0 Å². The van der Waals surface area contributed by atoms with Crippen LogP contribution in [0.1, 0.15) is 29.3 Å². The van der Waals surface area contributed by atoms with Gasteiger partial charge in [-0.25, -0.2) is 13.2 Å². The van der Waals surface area contributed by atoms with E-state index in [9.17, 15) is 13.2 Å². The fraction of sp³-hybridized carbons (Fsp3) is 0.238. The summed E-state index contributed by atoms with van der Waals surface area (Å²) in [6.45, 7) is 2.12. The molecular weight excluding hydrogens is 337 g/mol. The third-order valence-corrected chi connectivity index (χ3v) is 4.89. The molecule has 0 amide bonds. The average Bonchev–Trinajstić information content (AvgIpc) is 3.00. The van der Waals surface area contributed by atoms with E-state index in [1.54, 1.807) is 18.2 Å². The maximum Gasteiger partial charge on any atom is 0.159 e. The van der Waals surface area contributed by atoms with Gasteiger partial charge in [0.15, 0.2) is 11.6 Å². The lowest BCUT2D eigenvalue weighted by Crippen LogP contribution is -2.29. The lowest BCUT2D eigenvalue weighted by molar-refractivity contribution is 0.219. The summed E-state index contributed by atoms with van der Waals surface area (Å²) in [7, 11) is 0. The van der Waals surface area contributed by atoms with Gasteiger partial charge in [-0.3, -0.25) is 4.90 Å². The Kier molecular flexibility index (Phi) is 4.55. The van der Waals surface area contributed by atoms with Gasteiger partial charge in [0, 0.05) is 31.5 Å². The molecule has 0 spiro atoms. The second-order valence-corrected chi connectivity index (χ2v) is 6.66. The highest BCUT2D eigenvalue weighted by Gasteiger charge is 2.27. The normalized spacial score (nSPS) is 17.7. The number of halogens is 3. The Bertz CT molecular complexity index is 919. The van der Waals surface area contributed by atoms with Crippen molar-refractivity contribution in [2.45, 2.75) is 25.6 Å². The van der Waals surface area contributed by atoms with Crippen LogP contribution in [-0.2, 0) is 13.1 Å². The lowest BCUT2D eigenvalue weighted by Gasteiger charge is -2.30. The zero-order valence-corrected chi connectivity index (χ0v) is 14.2. The Hall–Kier alpha value is -2.53. The van der Waals surface area contributed by atoms with E-state index in [1.807, 2.05) is 24.4 Å².